The summed E-state index contributed by atoms with van der Waals surface area (Å²) < 4.78 is 4.94. The van der Waals surface area contributed by atoms with Crippen LogP contribution in [0.1, 0.15) is 95.9 Å². The summed E-state index contributed by atoms with van der Waals surface area (Å²) in [4.78, 5) is 9.90. The van der Waals surface area contributed by atoms with Gasteiger partial charge in [0.15, 0.2) is 0 Å². The minimum atomic E-state index is -1.42. The minimum absolute atomic E-state index is 0. The number of hydrogen-bond donors (Lipinski definition) is 0. The molecule has 185 valence electrons. The first kappa shape index (κ1) is 35.4. The first-order valence-electron chi connectivity index (χ1n) is 11.5. The van der Waals surface area contributed by atoms with Crippen LogP contribution in [0.4, 0.5) is 0 Å². The first-order chi connectivity index (χ1) is 12.4. The maximum Gasteiger partial charge on any atom is 2.00 e. The van der Waals surface area contributed by atoms with Crippen molar-refractivity contribution in [2.24, 2.45) is 0 Å². The molecule has 3 nitrogen and oxygen atoms in total. The Morgan fingerprint density at radius 1 is 0.533 bits per heavy atom. The van der Waals surface area contributed by atoms with Crippen LogP contribution in [0.5, 0.6) is 0 Å². The summed E-state index contributed by atoms with van der Waals surface area (Å²) in [5, 5.41) is 0.751. The van der Waals surface area contributed by atoms with Gasteiger partial charge in [0.05, 0.1) is 0 Å². The molecule has 6 heteroatoms. The molecular weight excluding hydrogens is 447 g/mol. The van der Waals surface area contributed by atoms with Crippen molar-refractivity contribution in [3.8, 4) is 0 Å². The molecule has 0 aliphatic carbocycles. The Balaban J connectivity index is -0.000000384. The van der Waals surface area contributed by atoms with Gasteiger partial charge in [0.1, 0.15) is 0 Å². The average Bonchev–Trinajstić information content (AvgIpc) is 2.88. The van der Waals surface area contributed by atoms with Crippen molar-refractivity contribution in [3.63, 3.8) is 0 Å². The fraction of sp³-hybridized carbons (Fsp3) is 1.00. The zero-order chi connectivity index (χ0) is 23.9. The van der Waals surface area contributed by atoms with Gasteiger partial charge < -0.3 is 14.7 Å². The van der Waals surface area contributed by atoms with Crippen LogP contribution in [-0.4, -0.2) is 40.8 Å². The van der Waals surface area contributed by atoms with Crippen LogP contribution < -0.4 is 0 Å². The van der Waals surface area contributed by atoms with Crippen molar-refractivity contribution >= 4 is 16.5 Å². The molecule has 1 heterocycles. The Bertz CT molecular complexity index is 404. The molecule has 0 N–H and O–H groups in total. The summed E-state index contributed by atoms with van der Waals surface area (Å²) in [5.74, 6) is 0. The quantitative estimate of drug-likeness (QED) is 0.346. The summed E-state index contributed by atoms with van der Waals surface area (Å²) >= 11 is 0. The molecule has 1 fully saturated rings. The third-order valence-corrected chi connectivity index (χ3v) is 15.5. The minimum Gasteiger partial charge on any atom is -0.659 e. The molecule has 0 aromatic carbocycles. The van der Waals surface area contributed by atoms with E-state index in [-0.39, 0.29) is 27.9 Å². The summed E-state index contributed by atoms with van der Waals surface area (Å²) in [6, 6.07) is 0. The molecule has 1 aliphatic heterocycles. The van der Waals surface area contributed by atoms with E-state index < -0.39 is 16.5 Å². The van der Waals surface area contributed by atoms with Gasteiger partial charge in [-0.1, -0.05) is 136 Å². The van der Waals surface area contributed by atoms with Crippen molar-refractivity contribution in [2.75, 3.05) is 13.2 Å². The van der Waals surface area contributed by atoms with Crippen LogP contribution in [0, 0.1) is 0 Å². The van der Waals surface area contributed by atoms with Crippen LogP contribution in [0.2, 0.25) is 36.3 Å². The van der Waals surface area contributed by atoms with E-state index in [1.54, 1.807) is 0 Å². The van der Waals surface area contributed by atoms with Crippen molar-refractivity contribution in [1.29, 1.82) is 0 Å². The number of ether oxygens (including phenoxy) is 1. The third-order valence-electron chi connectivity index (χ3n) is 5.73. The molecule has 1 rings (SSSR count). The summed E-state index contributed by atoms with van der Waals surface area (Å²) in [7, 11) is -2.83. The van der Waals surface area contributed by atoms with Gasteiger partial charge in [-0.2, -0.15) is 0 Å². The molecule has 1 saturated heterocycles. The molecule has 0 unspecified atom stereocenters. The van der Waals surface area contributed by atoms with Crippen LogP contribution in [0.15, 0.2) is 0 Å². The molecule has 0 bridgehead atoms. The van der Waals surface area contributed by atoms with Crippen molar-refractivity contribution in [2.45, 2.75) is 143 Å². The number of hydrogen-bond acceptors (Lipinski definition) is 1. The fourth-order valence-corrected chi connectivity index (χ4v) is 6.55. The smallest absolute Gasteiger partial charge is 0.659 e. The summed E-state index contributed by atoms with van der Waals surface area (Å²) in [5.41, 5.74) is 0.256. The van der Waals surface area contributed by atoms with E-state index in [0.717, 1.165) is 13.2 Å². The average molecular weight is 504 g/mol. The van der Waals surface area contributed by atoms with E-state index >= 15 is 0 Å². The van der Waals surface area contributed by atoms with E-state index in [9.17, 15) is 0 Å². The Kier molecular flexibility index (Phi) is 15.2. The molecule has 1 radical (unpaired) electrons. The molecule has 0 aromatic heterocycles. The molecule has 0 atom stereocenters. The molecule has 0 saturated carbocycles. The Labute approximate surface area is 204 Å². The molecule has 30 heavy (non-hydrogen) atoms. The van der Waals surface area contributed by atoms with Gasteiger partial charge in [-0.25, -0.2) is 0 Å². The number of rotatable bonds is 2. The van der Waals surface area contributed by atoms with E-state index in [1.165, 1.54) is 12.8 Å². The molecule has 1 aliphatic rings. The first-order valence-corrected chi connectivity index (χ1v) is 17.4. The molecule has 0 amide bonds. The van der Waals surface area contributed by atoms with Gasteiger partial charge in [-0.3, -0.25) is 0 Å². The topological polar surface area (TPSA) is 37.4 Å². The van der Waals surface area contributed by atoms with Gasteiger partial charge >= 0.3 is 16.8 Å². The summed E-state index contributed by atoms with van der Waals surface area (Å²) in [6.45, 7) is 38.3. The van der Waals surface area contributed by atoms with Crippen molar-refractivity contribution in [3.05, 3.63) is 9.96 Å². The van der Waals surface area contributed by atoms with Gasteiger partial charge in [-0.15, -0.1) is 11.1 Å². The van der Waals surface area contributed by atoms with Crippen molar-refractivity contribution < 1.29 is 21.5 Å². The molecule has 0 spiro atoms. The third kappa shape index (κ3) is 17.4. The standard InChI is InChI=1S/2C10H24NSi.C4H8O.Co/c2*1-9(2,3)11-12(7,8)10(4,5)6;1-2-4-5-3-1;/h2*1-8H3;1-4H2;/q2*-1;;+2. The SMILES string of the molecule is C1CCOC1.CC(C)(C)[N-][Si](C)(C)C(C)(C)C.CC(C)(C)[N-][Si](C)(C)C(C)(C)C.[Co+2]. The molecular formula is C24H56CoN2OSi2. The van der Waals surface area contributed by atoms with Crippen LogP contribution in [0.3, 0.4) is 0 Å². The Morgan fingerprint density at radius 3 is 0.833 bits per heavy atom. The van der Waals surface area contributed by atoms with Crippen LogP contribution in [0.25, 0.3) is 9.96 Å². The second-order valence-corrected chi connectivity index (χ2v) is 23.2. The second kappa shape index (κ2) is 12.9. The van der Waals surface area contributed by atoms with E-state index in [1.807, 2.05) is 0 Å². The zero-order valence-electron chi connectivity index (χ0n) is 23.5. The van der Waals surface area contributed by atoms with Crippen LogP contribution in [-0.2, 0) is 21.5 Å². The van der Waals surface area contributed by atoms with Crippen molar-refractivity contribution in [1.82, 2.24) is 0 Å². The van der Waals surface area contributed by atoms with E-state index in [0.29, 0.717) is 10.1 Å². The Morgan fingerprint density at radius 2 is 0.767 bits per heavy atom. The van der Waals surface area contributed by atoms with Crippen LogP contribution >= 0.6 is 0 Å². The largest absolute Gasteiger partial charge is 2.00 e. The van der Waals surface area contributed by atoms with Gasteiger partial charge in [-0.05, 0) is 12.8 Å². The van der Waals surface area contributed by atoms with E-state index in [2.05, 4.69) is 109 Å². The van der Waals surface area contributed by atoms with E-state index in [4.69, 9.17) is 14.7 Å². The Hall–Kier alpha value is 0.820. The van der Waals surface area contributed by atoms with Gasteiger partial charge in [0.2, 0.25) is 0 Å². The van der Waals surface area contributed by atoms with Gasteiger partial charge in [0, 0.05) is 13.2 Å². The summed E-state index contributed by atoms with van der Waals surface area (Å²) in [6.07, 6.45) is 2.56. The monoisotopic (exact) mass is 503 g/mol. The predicted molar refractivity (Wildman–Crippen MR) is 141 cm³/mol. The maximum absolute atomic E-state index is 4.95. The van der Waals surface area contributed by atoms with Gasteiger partial charge in [0.25, 0.3) is 0 Å². The molecule has 0 aromatic rings. The number of nitrogens with zero attached hydrogens (tertiary/aromatic N) is 2. The second-order valence-electron chi connectivity index (χ2n) is 13.5. The maximum atomic E-state index is 4.95. The predicted octanol–water partition coefficient (Wildman–Crippen LogP) is 9.12. The zero-order valence-corrected chi connectivity index (χ0v) is 26.5. The normalized spacial score (nSPS) is 16.0. The fourth-order valence-electron chi connectivity index (χ4n) is 2.52.